The van der Waals surface area contributed by atoms with E-state index in [1.54, 1.807) is 24.3 Å². The van der Waals surface area contributed by atoms with Crippen molar-refractivity contribution in [2.45, 2.75) is 65.2 Å². The highest BCUT2D eigenvalue weighted by Gasteiger charge is 2.06. The third-order valence-electron chi connectivity index (χ3n) is 3.86. The fourth-order valence-electron chi connectivity index (χ4n) is 2.28. The largest absolute Gasteiger partial charge is 0.465 e. The van der Waals surface area contributed by atoms with Crippen LogP contribution in [0.25, 0.3) is 0 Å². The summed E-state index contributed by atoms with van der Waals surface area (Å²) in [6.07, 6.45) is 11.5. The van der Waals surface area contributed by atoms with Crippen LogP contribution in [0.3, 0.4) is 0 Å². The van der Waals surface area contributed by atoms with Crippen LogP contribution in [-0.2, 0) is 9.53 Å². The Morgan fingerprint density at radius 2 is 1.71 bits per heavy atom. The van der Waals surface area contributed by atoms with E-state index in [4.69, 9.17) is 5.73 Å². The topological polar surface area (TPSA) is 69.4 Å². The number of carbonyl (C=O) groups is 2. The van der Waals surface area contributed by atoms with Crippen LogP contribution in [-0.4, -0.2) is 19.4 Å². The van der Waals surface area contributed by atoms with Crippen molar-refractivity contribution >= 4 is 17.9 Å². The molecule has 1 rings (SSSR count). The van der Waals surface area contributed by atoms with E-state index in [1.165, 1.54) is 52.1 Å². The lowest BCUT2D eigenvalue weighted by Gasteiger charge is -2.02. The van der Waals surface area contributed by atoms with E-state index in [-0.39, 0.29) is 5.92 Å². The quantitative estimate of drug-likeness (QED) is 0.282. The molecule has 0 saturated carbocycles. The first-order chi connectivity index (χ1) is 11.6. The SMILES string of the molecule is CCCCCCCCCC(C)C=O.COC(=O)c1ccccc1N. The Morgan fingerprint density at radius 1 is 1.12 bits per heavy atom. The van der Waals surface area contributed by atoms with Gasteiger partial charge in [0, 0.05) is 11.6 Å². The zero-order valence-corrected chi connectivity index (χ0v) is 15.4. The summed E-state index contributed by atoms with van der Waals surface area (Å²) in [4.78, 5) is 21.2. The van der Waals surface area contributed by atoms with Crippen LogP contribution in [0.5, 0.6) is 0 Å². The molecule has 0 aliphatic heterocycles. The molecule has 1 unspecified atom stereocenters. The minimum Gasteiger partial charge on any atom is -0.465 e. The maximum absolute atomic E-state index is 10.9. The molecule has 4 nitrogen and oxygen atoms in total. The number of hydrogen-bond acceptors (Lipinski definition) is 4. The summed E-state index contributed by atoms with van der Waals surface area (Å²) in [5, 5.41) is 0. The van der Waals surface area contributed by atoms with Gasteiger partial charge in [-0.25, -0.2) is 4.79 Å². The van der Waals surface area contributed by atoms with Gasteiger partial charge in [0.2, 0.25) is 0 Å². The molecule has 0 fully saturated rings. The normalized spacial score (nSPS) is 11.1. The molecule has 136 valence electrons. The Morgan fingerprint density at radius 3 is 2.25 bits per heavy atom. The number of aldehydes is 1. The number of nitrogens with two attached hydrogens (primary N) is 1. The molecule has 1 aromatic carbocycles. The van der Waals surface area contributed by atoms with Crippen LogP contribution in [0, 0.1) is 5.92 Å². The number of ether oxygens (including phenoxy) is 1. The van der Waals surface area contributed by atoms with Gasteiger partial charge >= 0.3 is 5.97 Å². The Kier molecular flexibility index (Phi) is 13.6. The van der Waals surface area contributed by atoms with Gasteiger partial charge in [-0.2, -0.15) is 0 Å². The molecule has 0 saturated heterocycles. The Bertz CT molecular complexity index is 460. The summed E-state index contributed by atoms with van der Waals surface area (Å²) in [6.45, 7) is 4.25. The number of hydrogen-bond donors (Lipinski definition) is 1. The van der Waals surface area contributed by atoms with Gasteiger partial charge in [0.05, 0.1) is 12.7 Å². The van der Waals surface area contributed by atoms with Crippen LogP contribution in [0.4, 0.5) is 5.69 Å². The predicted molar refractivity (Wildman–Crippen MR) is 100 cm³/mol. The minimum absolute atomic E-state index is 0.274. The first-order valence-electron chi connectivity index (χ1n) is 8.94. The third kappa shape index (κ3) is 10.8. The average molecular weight is 335 g/mol. The van der Waals surface area contributed by atoms with Crippen molar-refractivity contribution < 1.29 is 14.3 Å². The molecule has 0 aliphatic carbocycles. The van der Waals surface area contributed by atoms with Gasteiger partial charge in [-0.1, -0.05) is 70.9 Å². The number of rotatable bonds is 10. The van der Waals surface area contributed by atoms with E-state index in [0.29, 0.717) is 11.3 Å². The average Bonchev–Trinajstić information content (AvgIpc) is 2.61. The Labute approximate surface area is 146 Å². The molecular formula is C20H33NO3. The molecule has 1 atom stereocenters. The maximum Gasteiger partial charge on any atom is 0.339 e. The Hall–Kier alpha value is -1.84. The molecule has 2 N–H and O–H groups in total. The van der Waals surface area contributed by atoms with E-state index >= 15 is 0 Å². The standard InChI is InChI=1S/C12H24O.C8H9NO2/c1-3-4-5-6-7-8-9-10-12(2)11-13;1-11-8(10)6-4-2-3-5-7(6)9/h11-12H,3-10H2,1-2H3;2-5H,9H2,1H3. The van der Waals surface area contributed by atoms with Crippen molar-refractivity contribution in [3.63, 3.8) is 0 Å². The Balaban J connectivity index is 0.000000446. The zero-order valence-electron chi connectivity index (χ0n) is 15.4. The number of anilines is 1. The molecule has 0 heterocycles. The van der Waals surface area contributed by atoms with Crippen LogP contribution in [0.2, 0.25) is 0 Å². The maximum atomic E-state index is 10.9. The van der Waals surface area contributed by atoms with Gasteiger partial charge in [0.25, 0.3) is 0 Å². The van der Waals surface area contributed by atoms with Crippen molar-refractivity contribution in [2.24, 2.45) is 5.92 Å². The zero-order chi connectivity index (χ0) is 18.2. The van der Waals surface area contributed by atoms with E-state index < -0.39 is 5.97 Å². The summed E-state index contributed by atoms with van der Waals surface area (Å²) in [7, 11) is 1.33. The molecule has 0 aliphatic rings. The highest BCUT2D eigenvalue weighted by molar-refractivity contribution is 5.94. The molecule has 0 aromatic heterocycles. The number of para-hydroxylation sites is 1. The number of carbonyl (C=O) groups excluding carboxylic acids is 2. The summed E-state index contributed by atoms with van der Waals surface area (Å²) in [5.41, 5.74) is 6.35. The molecule has 0 amide bonds. The summed E-state index contributed by atoms with van der Waals surface area (Å²) >= 11 is 0. The highest BCUT2D eigenvalue weighted by Crippen LogP contribution is 2.11. The lowest BCUT2D eigenvalue weighted by Crippen LogP contribution is -2.04. The first-order valence-corrected chi connectivity index (χ1v) is 8.94. The second-order valence-electron chi connectivity index (χ2n) is 6.10. The summed E-state index contributed by atoms with van der Waals surface area (Å²) < 4.78 is 4.50. The molecule has 0 spiro atoms. The fraction of sp³-hybridized carbons (Fsp3) is 0.600. The van der Waals surface area contributed by atoms with Crippen molar-refractivity contribution in [3.8, 4) is 0 Å². The van der Waals surface area contributed by atoms with E-state index in [1.807, 2.05) is 6.92 Å². The van der Waals surface area contributed by atoms with Crippen molar-refractivity contribution in [2.75, 3.05) is 12.8 Å². The molecular weight excluding hydrogens is 302 g/mol. The van der Waals surface area contributed by atoms with Crippen LogP contribution in [0.15, 0.2) is 24.3 Å². The van der Waals surface area contributed by atoms with E-state index in [0.717, 1.165) is 12.7 Å². The lowest BCUT2D eigenvalue weighted by molar-refractivity contribution is -0.110. The molecule has 0 bridgehead atoms. The van der Waals surface area contributed by atoms with E-state index in [2.05, 4.69) is 11.7 Å². The third-order valence-corrected chi connectivity index (χ3v) is 3.86. The minimum atomic E-state index is -0.400. The van der Waals surface area contributed by atoms with Crippen molar-refractivity contribution in [3.05, 3.63) is 29.8 Å². The van der Waals surface area contributed by atoms with E-state index in [9.17, 15) is 9.59 Å². The lowest BCUT2D eigenvalue weighted by atomic mass is 10.0. The summed E-state index contributed by atoms with van der Waals surface area (Å²) in [5.74, 6) is -0.126. The van der Waals surface area contributed by atoms with Gasteiger partial charge in [0.15, 0.2) is 0 Å². The van der Waals surface area contributed by atoms with Gasteiger partial charge in [-0.05, 0) is 18.6 Å². The second kappa shape index (κ2) is 14.7. The summed E-state index contributed by atoms with van der Waals surface area (Å²) in [6, 6.07) is 6.79. The van der Waals surface area contributed by atoms with Crippen LogP contribution >= 0.6 is 0 Å². The number of unbranched alkanes of at least 4 members (excludes halogenated alkanes) is 6. The highest BCUT2D eigenvalue weighted by atomic mass is 16.5. The molecule has 0 radical (unpaired) electrons. The number of methoxy groups -OCH3 is 1. The number of esters is 1. The molecule has 1 aromatic rings. The smallest absolute Gasteiger partial charge is 0.339 e. The predicted octanol–water partition coefficient (Wildman–Crippen LogP) is 5.02. The first kappa shape index (κ1) is 22.2. The van der Waals surface area contributed by atoms with Crippen molar-refractivity contribution in [1.29, 1.82) is 0 Å². The van der Waals surface area contributed by atoms with Crippen molar-refractivity contribution in [1.82, 2.24) is 0 Å². The van der Waals surface area contributed by atoms with Gasteiger partial charge in [0.1, 0.15) is 6.29 Å². The number of nitrogen functional groups attached to an aromatic ring is 1. The van der Waals surface area contributed by atoms with Gasteiger partial charge in [-0.3, -0.25) is 0 Å². The fourth-order valence-corrected chi connectivity index (χ4v) is 2.28. The molecule has 4 heteroatoms. The van der Waals surface area contributed by atoms with Crippen LogP contribution in [0.1, 0.15) is 75.6 Å². The molecule has 24 heavy (non-hydrogen) atoms. The number of benzene rings is 1. The van der Waals surface area contributed by atoms with Gasteiger partial charge in [-0.15, -0.1) is 0 Å². The second-order valence-corrected chi connectivity index (χ2v) is 6.10. The monoisotopic (exact) mass is 335 g/mol. The van der Waals surface area contributed by atoms with Gasteiger partial charge < -0.3 is 15.3 Å². The van der Waals surface area contributed by atoms with Crippen LogP contribution < -0.4 is 5.73 Å².